The van der Waals surface area contributed by atoms with Gasteiger partial charge >= 0.3 is 5.97 Å². The van der Waals surface area contributed by atoms with E-state index in [1.54, 1.807) is 6.07 Å². The third-order valence-electron chi connectivity index (χ3n) is 6.17. The van der Waals surface area contributed by atoms with Crippen molar-refractivity contribution in [3.05, 3.63) is 41.4 Å². The number of aliphatic hydroxyl groups is 1. The van der Waals surface area contributed by atoms with Gasteiger partial charge in [-0.3, -0.25) is 4.57 Å². The molecule has 0 saturated carbocycles. The molecule has 2 aromatic heterocycles. The fraction of sp³-hybridized carbons (Fsp3) is 0.455. The summed E-state index contributed by atoms with van der Waals surface area (Å²) in [5.41, 5.74) is 7.45. The molecule has 0 spiro atoms. The van der Waals surface area contributed by atoms with E-state index in [9.17, 15) is 15.0 Å². The summed E-state index contributed by atoms with van der Waals surface area (Å²) >= 11 is 6.22. The molecule has 2 saturated heterocycles. The van der Waals surface area contributed by atoms with Gasteiger partial charge in [0.1, 0.15) is 18.2 Å². The molecule has 2 fully saturated rings. The van der Waals surface area contributed by atoms with Gasteiger partial charge in [0.2, 0.25) is 0 Å². The van der Waals surface area contributed by atoms with Crippen LogP contribution in [0.2, 0.25) is 5.02 Å². The molecule has 12 nitrogen and oxygen atoms in total. The Morgan fingerprint density at radius 1 is 1.34 bits per heavy atom. The normalized spacial score (nSPS) is 26.3. The number of nitrogens with zero attached hydrogens (tertiary/aromatic N) is 4. The fourth-order valence-electron chi connectivity index (χ4n) is 4.24. The summed E-state index contributed by atoms with van der Waals surface area (Å²) in [5.74, 6) is 0.260. The van der Waals surface area contributed by atoms with Gasteiger partial charge in [-0.15, -0.1) is 0 Å². The number of imidazole rings is 1. The molecular weight excluding hydrogens is 480 g/mol. The van der Waals surface area contributed by atoms with Gasteiger partial charge < -0.3 is 35.5 Å². The zero-order chi connectivity index (χ0) is 24.5. The summed E-state index contributed by atoms with van der Waals surface area (Å²) in [7, 11) is 0. The van der Waals surface area contributed by atoms with Crippen LogP contribution in [0.4, 0.5) is 5.82 Å². The van der Waals surface area contributed by atoms with Crippen LogP contribution in [0.1, 0.15) is 18.2 Å². The maximum Gasteiger partial charge on any atom is 0.334 e. The standard InChI is InChI=1S/C22H25ClN6O6/c23-13-1-2-14(34-8-11-3-4-33-7-11)12(5-13)6-25-19-16-20(27-9-26-19)29(10-28-16)21-17(30)15(24)18(35-21)22(31)32/h1-2,5,9-11,15,17-18,21,30H,3-4,6-8,24H2,(H,31,32)(H,25,26,27)/t11?,15-,17+,18-,21+/m0/s1. The number of ether oxygens (including phenoxy) is 3. The van der Waals surface area contributed by atoms with E-state index in [0.717, 1.165) is 18.6 Å². The molecule has 3 aromatic rings. The van der Waals surface area contributed by atoms with Crippen molar-refractivity contribution in [1.29, 1.82) is 0 Å². The molecule has 186 valence electrons. The number of aliphatic hydroxyl groups excluding tert-OH is 1. The Bertz CT molecular complexity index is 1220. The number of benzene rings is 1. The maximum absolute atomic E-state index is 11.4. The number of aliphatic carboxylic acids is 1. The number of anilines is 1. The number of hydrogen-bond donors (Lipinski definition) is 4. The molecule has 5 atom stereocenters. The molecule has 0 bridgehead atoms. The third kappa shape index (κ3) is 4.75. The Hall–Kier alpha value is -3.03. The summed E-state index contributed by atoms with van der Waals surface area (Å²) in [6, 6.07) is 4.34. The Labute approximate surface area is 205 Å². The molecule has 0 amide bonds. The van der Waals surface area contributed by atoms with Crippen LogP contribution in [-0.2, 0) is 20.8 Å². The largest absolute Gasteiger partial charge is 0.493 e. The zero-order valence-corrected chi connectivity index (χ0v) is 19.3. The number of carboxylic acids is 1. The highest BCUT2D eigenvalue weighted by atomic mass is 35.5. The molecular formula is C22H25ClN6O6. The summed E-state index contributed by atoms with van der Waals surface area (Å²) in [5, 5.41) is 23.6. The molecule has 1 aromatic carbocycles. The van der Waals surface area contributed by atoms with E-state index in [0.29, 0.717) is 53.4 Å². The number of nitrogens with one attached hydrogen (secondary N) is 1. The van der Waals surface area contributed by atoms with E-state index in [-0.39, 0.29) is 0 Å². The average Bonchev–Trinajstić information content (AvgIpc) is 3.57. The van der Waals surface area contributed by atoms with Crippen molar-refractivity contribution in [2.24, 2.45) is 11.7 Å². The second kappa shape index (κ2) is 9.91. The Morgan fingerprint density at radius 2 is 2.20 bits per heavy atom. The van der Waals surface area contributed by atoms with Gasteiger partial charge in [-0.1, -0.05) is 11.6 Å². The number of fused-ring (bicyclic) bond motifs is 1. The van der Waals surface area contributed by atoms with E-state index in [1.165, 1.54) is 17.2 Å². The fourth-order valence-corrected chi connectivity index (χ4v) is 4.43. The first-order valence-corrected chi connectivity index (χ1v) is 11.5. The van der Waals surface area contributed by atoms with E-state index in [4.69, 9.17) is 31.5 Å². The molecule has 5 rings (SSSR count). The SMILES string of the molecule is N[C@H]1[C@@H](O)[C@H](n2cnc3c(NCc4cc(Cl)ccc4OCC4CCOC4)ncnc32)O[C@@H]1C(=O)O. The first-order valence-electron chi connectivity index (χ1n) is 11.1. The third-order valence-corrected chi connectivity index (χ3v) is 6.40. The van der Waals surface area contributed by atoms with Crippen molar-refractivity contribution < 1.29 is 29.2 Å². The number of halogens is 1. The van der Waals surface area contributed by atoms with Gasteiger partial charge in [-0.05, 0) is 24.6 Å². The first kappa shape index (κ1) is 23.7. The lowest BCUT2D eigenvalue weighted by Crippen LogP contribution is -2.43. The van der Waals surface area contributed by atoms with E-state index < -0.39 is 30.4 Å². The smallest absolute Gasteiger partial charge is 0.334 e. The lowest BCUT2D eigenvalue weighted by Gasteiger charge is -2.17. The molecule has 35 heavy (non-hydrogen) atoms. The van der Waals surface area contributed by atoms with Crippen LogP contribution in [0.5, 0.6) is 5.75 Å². The van der Waals surface area contributed by atoms with E-state index in [1.807, 2.05) is 12.1 Å². The zero-order valence-electron chi connectivity index (χ0n) is 18.6. The second-order valence-electron chi connectivity index (χ2n) is 8.55. The Morgan fingerprint density at radius 3 is 2.94 bits per heavy atom. The summed E-state index contributed by atoms with van der Waals surface area (Å²) < 4.78 is 18.4. The Kier molecular flexibility index (Phi) is 6.71. The molecule has 2 aliphatic heterocycles. The summed E-state index contributed by atoms with van der Waals surface area (Å²) in [6.45, 7) is 2.36. The lowest BCUT2D eigenvalue weighted by molar-refractivity contribution is -0.152. The van der Waals surface area contributed by atoms with Crippen LogP contribution < -0.4 is 15.8 Å². The van der Waals surface area contributed by atoms with Crippen LogP contribution >= 0.6 is 11.6 Å². The van der Waals surface area contributed by atoms with Crippen molar-refractivity contribution in [1.82, 2.24) is 19.5 Å². The van der Waals surface area contributed by atoms with E-state index in [2.05, 4.69) is 20.3 Å². The molecule has 0 aliphatic carbocycles. The minimum absolute atomic E-state index is 0.352. The maximum atomic E-state index is 11.4. The monoisotopic (exact) mass is 504 g/mol. The highest BCUT2D eigenvalue weighted by molar-refractivity contribution is 6.30. The van der Waals surface area contributed by atoms with Gasteiger partial charge in [-0.2, -0.15) is 0 Å². The average molecular weight is 505 g/mol. The summed E-state index contributed by atoms with van der Waals surface area (Å²) in [6.07, 6.45) is 0.0770. The van der Waals surface area contributed by atoms with Crippen molar-refractivity contribution >= 4 is 34.6 Å². The summed E-state index contributed by atoms with van der Waals surface area (Å²) in [4.78, 5) is 24.3. The topological polar surface area (TPSA) is 167 Å². The van der Waals surface area contributed by atoms with Crippen LogP contribution in [-0.4, -0.2) is 73.8 Å². The highest BCUT2D eigenvalue weighted by Gasteiger charge is 2.46. The minimum Gasteiger partial charge on any atom is -0.493 e. The number of hydrogen-bond acceptors (Lipinski definition) is 10. The van der Waals surface area contributed by atoms with Crippen LogP contribution in [0.3, 0.4) is 0 Å². The quantitative estimate of drug-likeness (QED) is 0.347. The highest BCUT2D eigenvalue weighted by Crippen LogP contribution is 2.32. The van der Waals surface area contributed by atoms with Gasteiger partial charge in [0.05, 0.1) is 25.6 Å². The van der Waals surface area contributed by atoms with E-state index >= 15 is 0 Å². The second-order valence-corrected chi connectivity index (χ2v) is 8.98. The molecule has 1 unspecified atom stereocenters. The molecule has 4 heterocycles. The number of carbonyl (C=O) groups is 1. The van der Waals surface area contributed by atoms with Gasteiger partial charge in [-0.25, -0.2) is 19.7 Å². The molecule has 5 N–H and O–H groups in total. The number of carboxylic acid groups (broad SMARTS) is 1. The van der Waals surface area contributed by atoms with Crippen molar-refractivity contribution in [2.45, 2.75) is 37.4 Å². The Balaban J connectivity index is 1.34. The number of nitrogens with two attached hydrogens (primary N) is 1. The van der Waals surface area contributed by atoms with Gasteiger partial charge in [0.15, 0.2) is 29.3 Å². The van der Waals surface area contributed by atoms with Crippen LogP contribution in [0, 0.1) is 5.92 Å². The van der Waals surface area contributed by atoms with Crippen LogP contribution in [0.15, 0.2) is 30.9 Å². The first-order chi connectivity index (χ1) is 16.9. The van der Waals surface area contributed by atoms with Crippen molar-refractivity contribution in [2.75, 3.05) is 25.1 Å². The van der Waals surface area contributed by atoms with Crippen LogP contribution in [0.25, 0.3) is 11.2 Å². The van der Waals surface area contributed by atoms with Crippen molar-refractivity contribution in [3.8, 4) is 5.75 Å². The van der Waals surface area contributed by atoms with Crippen molar-refractivity contribution in [3.63, 3.8) is 0 Å². The lowest BCUT2D eigenvalue weighted by atomic mass is 10.1. The number of rotatable bonds is 8. The predicted molar refractivity (Wildman–Crippen MR) is 124 cm³/mol. The molecule has 0 radical (unpaired) electrons. The number of aromatic nitrogens is 4. The molecule has 13 heteroatoms. The van der Waals surface area contributed by atoms with Gasteiger partial charge in [0, 0.05) is 29.7 Å². The predicted octanol–water partition coefficient (Wildman–Crippen LogP) is 1.18. The minimum atomic E-state index is -1.34. The van der Waals surface area contributed by atoms with Gasteiger partial charge in [0.25, 0.3) is 0 Å². The molecule has 2 aliphatic rings.